The van der Waals surface area contributed by atoms with Gasteiger partial charge in [-0.25, -0.2) is 0 Å². The van der Waals surface area contributed by atoms with Crippen LogP contribution in [0.3, 0.4) is 0 Å². The van der Waals surface area contributed by atoms with Crippen molar-refractivity contribution in [1.29, 1.82) is 0 Å². The quantitative estimate of drug-likeness (QED) is 0.584. The van der Waals surface area contributed by atoms with Crippen molar-refractivity contribution in [1.82, 2.24) is 5.32 Å². The summed E-state index contributed by atoms with van der Waals surface area (Å²) >= 11 is 0. The van der Waals surface area contributed by atoms with Crippen LogP contribution in [0.15, 0.2) is 0 Å². The van der Waals surface area contributed by atoms with Gasteiger partial charge in [0.2, 0.25) is 5.91 Å². The molecule has 11 heavy (non-hydrogen) atoms. The van der Waals surface area contributed by atoms with Crippen LogP contribution in [-0.4, -0.2) is 24.7 Å². The molecule has 3 nitrogen and oxygen atoms in total. The highest BCUT2D eigenvalue weighted by Crippen LogP contribution is 2.72. The largest absolute Gasteiger partial charge is 0.396 e. The van der Waals surface area contributed by atoms with Crippen molar-refractivity contribution in [3.63, 3.8) is 0 Å². The first-order valence-electron chi connectivity index (χ1n) is 4.00. The first kappa shape index (κ1) is 7.10. The van der Waals surface area contributed by atoms with E-state index in [4.69, 9.17) is 5.11 Å². The number of nitrogens with one attached hydrogen (secondary N) is 1. The summed E-state index contributed by atoms with van der Waals surface area (Å²) in [6, 6.07) is 0. The summed E-state index contributed by atoms with van der Waals surface area (Å²) in [7, 11) is 1.67. The molecule has 3 aliphatic rings. The lowest BCUT2D eigenvalue weighted by atomic mass is 9.35. The molecule has 0 aromatic heterocycles. The molecule has 2 bridgehead atoms. The Bertz CT molecular complexity index is 192. The smallest absolute Gasteiger partial charge is 0.226 e. The second-order valence-electron chi connectivity index (χ2n) is 4.05. The van der Waals surface area contributed by atoms with Crippen LogP contribution in [0, 0.1) is 10.8 Å². The molecule has 0 aliphatic heterocycles. The maximum atomic E-state index is 11.2. The van der Waals surface area contributed by atoms with Gasteiger partial charge in [0.15, 0.2) is 0 Å². The summed E-state index contributed by atoms with van der Waals surface area (Å²) in [5.74, 6) is 0.160. The Morgan fingerprint density at radius 2 is 2.09 bits per heavy atom. The van der Waals surface area contributed by atoms with E-state index in [1.54, 1.807) is 7.05 Å². The van der Waals surface area contributed by atoms with Gasteiger partial charge in [0.1, 0.15) is 0 Å². The molecule has 0 aromatic carbocycles. The van der Waals surface area contributed by atoms with E-state index < -0.39 is 0 Å². The van der Waals surface area contributed by atoms with E-state index in [-0.39, 0.29) is 23.3 Å². The Hall–Kier alpha value is -0.570. The second-order valence-corrected chi connectivity index (χ2v) is 4.05. The predicted octanol–water partition coefficient (Wildman–Crippen LogP) is -0.105. The zero-order valence-electron chi connectivity index (χ0n) is 6.68. The minimum Gasteiger partial charge on any atom is -0.396 e. The molecular weight excluding hydrogens is 142 g/mol. The average Bonchev–Trinajstić information content (AvgIpc) is 1.83. The highest BCUT2D eigenvalue weighted by atomic mass is 16.3. The molecule has 3 rings (SSSR count). The summed E-state index contributed by atoms with van der Waals surface area (Å²) in [4.78, 5) is 11.2. The van der Waals surface area contributed by atoms with Gasteiger partial charge in [0.05, 0.1) is 5.41 Å². The van der Waals surface area contributed by atoms with Crippen LogP contribution >= 0.6 is 0 Å². The lowest BCUT2D eigenvalue weighted by molar-refractivity contribution is -0.220. The van der Waals surface area contributed by atoms with Gasteiger partial charge in [-0.15, -0.1) is 0 Å². The zero-order chi connectivity index (χ0) is 8.11. The molecule has 3 fully saturated rings. The Labute approximate surface area is 65.8 Å². The average molecular weight is 155 g/mol. The van der Waals surface area contributed by atoms with Gasteiger partial charge in [0.25, 0.3) is 0 Å². The van der Waals surface area contributed by atoms with Crippen LogP contribution in [0.4, 0.5) is 0 Å². The summed E-state index contributed by atoms with van der Waals surface area (Å²) < 4.78 is 0. The SMILES string of the molecule is CNC(=O)C12CC(CO)(C1)C2. The van der Waals surface area contributed by atoms with E-state index in [1.807, 2.05) is 0 Å². The first-order chi connectivity index (χ1) is 5.16. The van der Waals surface area contributed by atoms with Crippen LogP contribution < -0.4 is 5.32 Å². The molecule has 1 amide bonds. The molecule has 0 saturated heterocycles. The van der Waals surface area contributed by atoms with Crippen molar-refractivity contribution < 1.29 is 9.90 Å². The lowest BCUT2D eigenvalue weighted by Crippen LogP contribution is -2.68. The Morgan fingerprint density at radius 3 is 2.45 bits per heavy atom. The monoisotopic (exact) mass is 155 g/mol. The molecule has 0 atom stereocenters. The molecule has 0 aromatic rings. The van der Waals surface area contributed by atoms with E-state index in [2.05, 4.69) is 5.32 Å². The van der Waals surface area contributed by atoms with Gasteiger partial charge in [-0.2, -0.15) is 0 Å². The fourth-order valence-electron chi connectivity index (χ4n) is 2.67. The summed E-state index contributed by atoms with van der Waals surface area (Å²) in [6.07, 6.45) is 2.70. The topological polar surface area (TPSA) is 49.3 Å². The standard InChI is InChI=1S/C8H13NO2/c1-9-6(11)8-2-7(3-8,4-8)5-10/h10H,2-5H2,1H3,(H,9,11). The van der Waals surface area contributed by atoms with E-state index >= 15 is 0 Å². The molecule has 2 N–H and O–H groups in total. The Balaban J connectivity index is 1.99. The number of aliphatic hydroxyl groups is 1. The fourth-order valence-corrected chi connectivity index (χ4v) is 2.67. The Kier molecular flexibility index (Phi) is 1.15. The molecule has 0 unspecified atom stereocenters. The van der Waals surface area contributed by atoms with Crippen molar-refractivity contribution in [2.45, 2.75) is 19.3 Å². The third-order valence-electron chi connectivity index (χ3n) is 3.18. The van der Waals surface area contributed by atoms with Crippen LogP contribution in [0.2, 0.25) is 0 Å². The zero-order valence-corrected chi connectivity index (χ0v) is 6.68. The van der Waals surface area contributed by atoms with Crippen molar-refractivity contribution in [2.75, 3.05) is 13.7 Å². The number of aliphatic hydroxyl groups excluding tert-OH is 1. The molecule has 0 radical (unpaired) electrons. The molecule has 3 saturated carbocycles. The van der Waals surface area contributed by atoms with E-state index in [9.17, 15) is 4.79 Å². The second kappa shape index (κ2) is 1.78. The van der Waals surface area contributed by atoms with Crippen LogP contribution in [-0.2, 0) is 4.79 Å². The molecule has 0 spiro atoms. The highest BCUT2D eigenvalue weighted by molar-refractivity contribution is 5.86. The van der Waals surface area contributed by atoms with Crippen LogP contribution in [0.25, 0.3) is 0 Å². The van der Waals surface area contributed by atoms with Crippen molar-refractivity contribution in [3.05, 3.63) is 0 Å². The molecule has 0 heterocycles. The summed E-state index contributed by atoms with van der Waals surface area (Å²) in [6.45, 7) is 0.256. The molecule has 3 heteroatoms. The molecular formula is C8H13NO2. The maximum Gasteiger partial charge on any atom is 0.226 e. The number of amides is 1. The number of hydrogen-bond acceptors (Lipinski definition) is 2. The van der Waals surface area contributed by atoms with E-state index in [1.165, 1.54) is 0 Å². The van der Waals surface area contributed by atoms with Crippen molar-refractivity contribution in [3.8, 4) is 0 Å². The van der Waals surface area contributed by atoms with Crippen LogP contribution in [0.1, 0.15) is 19.3 Å². The first-order valence-corrected chi connectivity index (χ1v) is 4.00. The third kappa shape index (κ3) is 0.644. The number of rotatable bonds is 2. The van der Waals surface area contributed by atoms with E-state index in [0.717, 1.165) is 19.3 Å². The lowest BCUT2D eigenvalue weighted by Gasteiger charge is -2.68. The maximum absolute atomic E-state index is 11.2. The minimum absolute atomic E-state index is 0.0719. The van der Waals surface area contributed by atoms with Crippen LogP contribution in [0.5, 0.6) is 0 Å². The van der Waals surface area contributed by atoms with Gasteiger partial charge in [-0.1, -0.05) is 0 Å². The number of carbonyl (C=O) groups is 1. The van der Waals surface area contributed by atoms with Gasteiger partial charge in [0, 0.05) is 13.7 Å². The van der Waals surface area contributed by atoms with Crippen molar-refractivity contribution in [2.24, 2.45) is 10.8 Å². The number of hydrogen-bond donors (Lipinski definition) is 2. The molecule has 62 valence electrons. The normalized spacial score (nSPS) is 45.6. The fraction of sp³-hybridized carbons (Fsp3) is 0.875. The van der Waals surface area contributed by atoms with Gasteiger partial charge < -0.3 is 10.4 Å². The van der Waals surface area contributed by atoms with Gasteiger partial charge >= 0.3 is 0 Å². The molecule has 3 aliphatic carbocycles. The van der Waals surface area contributed by atoms with Gasteiger partial charge in [-0.3, -0.25) is 4.79 Å². The third-order valence-corrected chi connectivity index (χ3v) is 3.18. The summed E-state index contributed by atoms with van der Waals surface area (Å²) in [5.41, 5.74) is 0.0734. The van der Waals surface area contributed by atoms with E-state index in [0.29, 0.717) is 0 Å². The summed E-state index contributed by atoms with van der Waals surface area (Å²) in [5, 5.41) is 11.6. The highest BCUT2D eigenvalue weighted by Gasteiger charge is 2.70. The Morgan fingerprint density at radius 1 is 1.55 bits per heavy atom. The minimum atomic E-state index is -0.0719. The van der Waals surface area contributed by atoms with Gasteiger partial charge in [-0.05, 0) is 24.7 Å². The van der Waals surface area contributed by atoms with Crippen molar-refractivity contribution >= 4 is 5.91 Å². The predicted molar refractivity (Wildman–Crippen MR) is 39.9 cm³/mol. The number of carbonyl (C=O) groups excluding carboxylic acids is 1.